The molecule has 6 heteroatoms. The van der Waals surface area contributed by atoms with Crippen LogP contribution in [0.3, 0.4) is 0 Å². The minimum atomic E-state index is -0.292. The van der Waals surface area contributed by atoms with Crippen LogP contribution in [0.2, 0.25) is 0 Å². The van der Waals surface area contributed by atoms with Gasteiger partial charge in [0, 0.05) is 19.0 Å². The van der Waals surface area contributed by atoms with Crippen LogP contribution in [-0.2, 0) is 27.1 Å². The molecular weight excluding hydrogens is 586 g/mol. The number of unbranched alkanes of at least 4 members (excludes halogenated alkanes) is 1. The summed E-state index contributed by atoms with van der Waals surface area (Å²) in [6.07, 6.45) is 15.7. The largest absolute Gasteiger partial charge is 0.493 e. The molecule has 47 heavy (non-hydrogen) atoms. The first-order chi connectivity index (χ1) is 23.0. The van der Waals surface area contributed by atoms with Crippen LogP contribution in [0, 0.1) is 11.8 Å². The van der Waals surface area contributed by atoms with E-state index in [2.05, 4.69) is 77.7 Å². The molecule has 0 N–H and O–H groups in total. The molecule has 0 aliphatic heterocycles. The Bertz CT molecular complexity index is 1460. The molecule has 1 atom stereocenters. The summed E-state index contributed by atoms with van der Waals surface area (Å²) in [6.45, 7) is 2.55. The Kier molecular flexibility index (Phi) is 13.1. The number of hydrogen-bond acceptors (Lipinski definition) is 6. The fraction of sp³-hybridized carbons (Fsp3) is 0.463. The van der Waals surface area contributed by atoms with Gasteiger partial charge in [-0.2, -0.15) is 0 Å². The predicted molar refractivity (Wildman–Crippen MR) is 187 cm³/mol. The number of fused-ring (bicyclic) bond motifs is 1. The lowest BCUT2D eigenvalue weighted by atomic mass is 9.82. The normalized spacial score (nSPS) is 19.3. The minimum absolute atomic E-state index is 0.155. The lowest BCUT2D eigenvalue weighted by Gasteiger charge is -2.36. The SMILES string of the molecule is COC(=O)CCCCN(CCc1ccccc1OC[C@H]1CC[C@H](C=Cc2ccccc2)CC1)C1CCCc2cc(C(=O)OC)ccc21. The Morgan fingerprint density at radius 3 is 2.43 bits per heavy atom. The van der Waals surface area contributed by atoms with Gasteiger partial charge in [-0.05, 0) is 123 Å². The Morgan fingerprint density at radius 1 is 0.851 bits per heavy atom. The van der Waals surface area contributed by atoms with Crippen LogP contribution in [-0.4, -0.2) is 50.8 Å². The van der Waals surface area contributed by atoms with E-state index in [1.54, 1.807) is 0 Å². The van der Waals surface area contributed by atoms with Crippen molar-refractivity contribution in [2.75, 3.05) is 33.9 Å². The fourth-order valence-corrected chi connectivity index (χ4v) is 7.20. The lowest BCUT2D eigenvalue weighted by molar-refractivity contribution is -0.140. The van der Waals surface area contributed by atoms with Crippen LogP contribution < -0.4 is 4.74 Å². The molecule has 0 radical (unpaired) electrons. The van der Waals surface area contributed by atoms with Gasteiger partial charge in [-0.25, -0.2) is 4.79 Å². The van der Waals surface area contributed by atoms with Crippen LogP contribution in [0.5, 0.6) is 5.75 Å². The number of carbonyl (C=O) groups excluding carboxylic acids is 2. The summed E-state index contributed by atoms with van der Waals surface area (Å²) < 4.78 is 16.4. The van der Waals surface area contributed by atoms with Crippen LogP contribution in [0.4, 0.5) is 0 Å². The van der Waals surface area contributed by atoms with E-state index in [1.165, 1.54) is 62.2 Å². The number of rotatable bonds is 15. The fourth-order valence-electron chi connectivity index (χ4n) is 7.20. The molecule has 0 amide bonds. The quantitative estimate of drug-likeness (QED) is 0.123. The molecule has 0 heterocycles. The Hall–Kier alpha value is -3.90. The van der Waals surface area contributed by atoms with Gasteiger partial charge in [0.1, 0.15) is 5.75 Å². The minimum Gasteiger partial charge on any atom is -0.493 e. The zero-order valence-corrected chi connectivity index (χ0v) is 28.2. The topological polar surface area (TPSA) is 65.1 Å². The lowest BCUT2D eigenvalue weighted by Crippen LogP contribution is -2.34. The number of carbonyl (C=O) groups is 2. The monoisotopic (exact) mass is 637 g/mol. The molecule has 0 bridgehead atoms. The van der Waals surface area contributed by atoms with Crippen LogP contribution >= 0.6 is 0 Å². The third-order valence-corrected chi connectivity index (χ3v) is 9.96. The van der Waals surface area contributed by atoms with Crippen molar-refractivity contribution < 1.29 is 23.8 Å². The molecule has 6 nitrogen and oxygen atoms in total. The van der Waals surface area contributed by atoms with E-state index < -0.39 is 0 Å². The molecule has 5 rings (SSSR count). The average molecular weight is 638 g/mol. The van der Waals surface area contributed by atoms with Crippen LogP contribution in [0.25, 0.3) is 6.08 Å². The number of allylic oxidation sites excluding steroid dienone is 1. The summed E-state index contributed by atoms with van der Waals surface area (Å²) in [7, 11) is 2.88. The standard InChI is InChI=1S/C41H51NO5/c1-45-40(43)17-8-9-27-42(38-15-10-14-35-29-36(41(44)46-2)24-25-37(35)38)28-26-34-13-6-7-16-39(34)47-30-33-22-20-32(21-23-33)19-18-31-11-4-3-5-12-31/h3-7,11-13,16,18-19,24-25,29,32-33,38H,8-10,14-15,17,20-23,26-28,30H2,1-2H3/t32-,33-,38?. The van der Waals surface area contributed by atoms with Gasteiger partial charge < -0.3 is 14.2 Å². The van der Waals surface area contributed by atoms with Gasteiger partial charge in [0.05, 0.1) is 26.4 Å². The number of esters is 2. The molecule has 1 unspecified atom stereocenters. The third-order valence-electron chi connectivity index (χ3n) is 9.96. The van der Waals surface area contributed by atoms with Crippen molar-refractivity contribution in [3.05, 3.63) is 107 Å². The third kappa shape index (κ3) is 10.0. The number of benzene rings is 3. The van der Waals surface area contributed by atoms with E-state index in [4.69, 9.17) is 14.2 Å². The number of ether oxygens (including phenoxy) is 3. The smallest absolute Gasteiger partial charge is 0.337 e. The van der Waals surface area contributed by atoms with Crippen molar-refractivity contribution in [3.63, 3.8) is 0 Å². The van der Waals surface area contributed by atoms with Crippen molar-refractivity contribution >= 4 is 18.0 Å². The maximum Gasteiger partial charge on any atom is 0.337 e. The van der Waals surface area contributed by atoms with Crippen molar-refractivity contribution in [2.24, 2.45) is 11.8 Å². The summed E-state index contributed by atoms with van der Waals surface area (Å²) >= 11 is 0. The number of hydrogen-bond donors (Lipinski definition) is 0. The summed E-state index contributed by atoms with van der Waals surface area (Å²) in [5, 5.41) is 0. The van der Waals surface area contributed by atoms with Crippen molar-refractivity contribution in [3.8, 4) is 5.75 Å². The van der Waals surface area contributed by atoms with Crippen molar-refractivity contribution in [1.82, 2.24) is 4.90 Å². The highest BCUT2D eigenvalue weighted by Gasteiger charge is 2.27. The van der Waals surface area contributed by atoms with Gasteiger partial charge in [-0.3, -0.25) is 9.69 Å². The zero-order valence-electron chi connectivity index (χ0n) is 28.2. The summed E-state index contributed by atoms with van der Waals surface area (Å²) in [5.74, 6) is 1.78. The number of para-hydroxylation sites is 1. The molecular formula is C41H51NO5. The van der Waals surface area contributed by atoms with Crippen molar-refractivity contribution in [1.29, 1.82) is 0 Å². The predicted octanol–water partition coefficient (Wildman–Crippen LogP) is 8.64. The van der Waals surface area contributed by atoms with E-state index in [-0.39, 0.29) is 18.0 Å². The van der Waals surface area contributed by atoms with Crippen LogP contribution in [0.1, 0.15) is 96.4 Å². The van der Waals surface area contributed by atoms with E-state index in [1.807, 2.05) is 12.1 Å². The van der Waals surface area contributed by atoms with Crippen molar-refractivity contribution in [2.45, 2.75) is 76.7 Å². The van der Waals surface area contributed by atoms with Gasteiger partial charge in [0.15, 0.2) is 0 Å². The molecule has 0 aromatic heterocycles. The van der Waals surface area contributed by atoms with Gasteiger partial charge in [0.25, 0.3) is 0 Å². The molecule has 1 saturated carbocycles. The van der Waals surface area contributed by atoms with E-state index >= 15 is 0 Å². The second-order valence-electron chi connectivity index (χ2n) is 13.1. The van der Waals surface area contributed by atoms with Gasteiger partial charge in [0.2, 0.25) is 0 Å². The highest BCUT2D eigenvalue weighted by atomic mass is 16.5. The van der Waals surface area contributed by atoms with Gasteiger partial charge >= 0.3 is 11.9 Å². The molecule has 0 saturated heterocycles. The molecule has 3 aromatic carbocycles. The Morgan fingerprint density at radius 2 is 1.64 bits per heavy atom. The molecule has 2 aliphatic carbocycles. The zero-order chi connectivity index (χ0) is 32.8. The molecule has 1 fully saturated rings. The van der Waals surface area contributed by atoms with Gasteiger partial charge in [-0.1, -0.05) is 66.7 Å². The number of nitrogens with zero attached hydrogens (tertiary/aromatic N) is 1. The highest BCUT2D eigenvalue weighted by molar-refractivity contribution is 5.89. The number of aryl methyl sites for hydroxylation is 1. The molecule has 0 spiro atoms. The average Bonchev–Trinajstić information content (AvgIpc) is 3.13. The number of methoxy groups -OCH3 is 2. The second kappa shape index (κ2) is 17.9. The van der Waals surface area contributed by atoms with E-state index in [0.29, 0.717) is 23.8 Å². The van der Waals surface area contributed by atoms with E-state index in [0.717, 1.165) is 64.0 Å². The first-order valence-electron chi connectivity index (χ1n) is 17.5. The molecule has 3 aromatic rings. The summed E-state index contributed by atoms with van der Waals surface area (Å²) in [4.78, 5) is 26.6. The summed E-state index contributed by atoms with van der Waals surface area (Å²) in [5.41, 5.74) is 5.66. The van der Waals surface area contributed by atoms with E-state index in [9.17, 15) is 9.59 Å². The molecule has 250 valence electrons. The van der Waals surface area contributed by atoms with Crippen LogP contribution in [0.15, 0.2) is 78.9 Å². The maximum absolute atomic E-state index is 12.2. The molecule has 2 aliphatic rings. The highest BCUT2D eigenvalue weighted by Crippen LogP contribution is 2.36. The Labute approximate surface area is 281 Å². The van der Waals surface area contributed by atoms with Gasteiger partial charge in [-0.15, -0.1) is 0 Å². The first-order valence-corrected chi connectivity index (χ1v) is 17.5. The summed E-state index contributed by atoms with van der Waals surface area (Å²) in [6, 6.07) is 25.4. The maximum atomic E-state index is 12.2. The second-order valence-corrected chi connectivity index (χ2v) is 13.1. The first kappa shape index (κ1) is 34.4. The Balaban J connectivity index is 1.20.